The minimum Gasteiger partial charge on any atom is -0.497 e. The summed E-state index contributed by atoms with van der Waals surface area (Å²) >= 11 is 5.31. The van der Waals surface area contributed by atoms with Crippen molar-refractivity contribution in [1.82, 2.24) is 10.6 Å². The molecule has 0 saturated heterocycles. The Morgan fingerprint density at radius 1 is 0.913 bits per heavy atom. The van der Waals surface area contributed by atoms with E-state index < -0.39 is 0 Å². The highest BCUT2D eigenvalue weighted by molar-refractivity contribution is 7.80. The van der Waals surface area contributed by atoms with Crippen molar-refractivity contribution in [3.05, 3.63) is 59.7 Å². The number of nitrogens with zero attached hydrogens (tertiary/aromatic N) is 1. The van der Waals surface area contributed by atoms with Gasteiger partial charge in [0.15, 0.2) is 5.11 Å². The number of anilines is 1. The monoisotopic (exact) mass is 329 g/mol. The van der Waals surface area contributed by atoms with Crippen molar-refractivity contribution in [3.63, 3.8) is 0 Å². The molecule has 122 valence electrons. The molecule has 0 aromatic heterocycles. The van der Waals surface area contributed by atoms with E-state index >= 15 is 0 Å². The molecule has 0 saturated carbocycles. The number of hydrogen-bond donors (Lipinski definition) is 2. The molecule has 2 rings (SSSR count). The molecular formula is C18H23N3OS. The summed E-state index contributed by atoms with van der Waals surface area (Å²) in [6, 6.07) is 16.3. The van der Waals surface area contributed by atoms with Gasteiger partial charge < -0.3 is 20.3 Å². The lowest BCUT2D eigenvalue weighted by atomic mass is 10.2. The molecule has 0 aliphatic rings. The minimum atomic E-state index is 0.650. The molecule has 2 N–H and O–H groups in total. The Morgan fingerprint density at radius 2 is 1.39 bits per heavy atom. The zero-order chi connectivity index (χ0) is 16.7. The van der Waals surface area contributed by atoms with Gasteiger partial charge in [-0.2, -0.15) is 0 Å². The van der Waals surface area contributed by atoms with E-state index in [1.165, 1.54) is 11.3 Å². The molecule has 2 aromatic carbocycles. The number of nitrogens with one attached hydrogen (secondary N) is 2. The lowest BCUT2D eigenvalue weighted by Crippen LogP contribution is -2.34. The lowest BCUT2D eigenvalue weighted by molar-refractivity contribution is 0.414. The molecule has 0 aliphatic heterocycles. The van der Waals surface area contributed by atoms with Crippen LogP contribution in [0.3, 0.4) is 0 Å². The van der Waals surface area contributed by atoms with Crippen LogP contribution in [0.15, 0.2) is 48.5 Å². The second kappa shape index (κ2) is 8.39. The Labute approximate surface area is 143 Å². The second-order valence-electron chi connectivity index (χ2n) is 5.45. The van der Waals surface area contributed by atoms with Crippen molar-refractivity contribution in [2.45, 2.75) is 13.1 Å². The quantitative estimate of drug-likeness (QED) is 0.797. The number of hydrogen-bond acceptors (Lipinski definition) is 3. The van der Waals surface area contributed by atoms with Crippen LogP contribution < -0.4 is 20.3 Å². The van der Waals surface area contributed by atoms with Gasteiger partial charge in [0.25, 0.3) is 0 Å². The van der Waals surface area contributed by atoms with Crippen molar-refractivity contribution in [3.8, 4) is 5.75 Å². The molecule has 0 amide bonds. The maximum Gasteiger partial charge on any atom is 0.166 e. The van der Waals surface area contributed by atoms with Gasteiger partial charge in [0.1, 0.15) is 5.75 Å². The maximum absolute atomic E-state index is 5.31. The zero-order valence-electron chi connectivity index (χ0n) is 13.8. The fraction of sp³-hybridized carbons (Fsp3) is 0.278. The molecule has 0 bridgehead atoms. The first-order valence-electron chi connectivity index (χ1n) is 7.49. The smallest absolute Gasteiger partial charge is 0.166 e. The summed E-state index contributed by atoms with van der Waals surface area (Å²) in [7, 11) is 5.73. The van der Waals surface area contributed by atoms with Crippen molar-refractivity contribution in [2.75, 3.05) is 26.1 Å². The van der Waals surface area contributed by atoms with Gasteiger partial charge in [-0.15, -0.1) is 0 Å². The van der Waals surface area contributed by atoms with Gasteiger partial charge in [0, 0.05) is 32.9 Å². The van der Waals surface area contributed by atoms with Gasteiger partial charge >= 0.3 is 0 Å². The van der Waals surface area contributed by atoms with Gasteiger partial charge in [-0.1, -0.05) is 24.3 Å². The third-order valence-electron chi connectivity index (χ3n) is 3.52. The van der Waals surface area contributed by atoms with E-state index in [1.807, 2.05) is 38.4 Å². The minimum absolute atomic E-state index is 0.650. The van der Waals surface area contributed by atoms with E-state index in [4.69, 9.17) is 17.0 Å². The number of thiocarbonyl (C=S) groups is 1. The first-order chi connectivity index (χ1) is 11.1. The van der Waals surface area contributed by atoms with Crippen molar-refractivity contribution >= 4 is 23.0 Å². The fourth-order valence-electron chi connectivity index (χ4n) is 2.08. The van der Waals surface area contributed by atoms with Crippen LogP contribution in [-0.2, 0) is 13.1 Å². The topological polar surface area (TPSA) is 36.5 Å². The molecule has 0 aliphatic carbocycles. The number of rotatable bonds is 6. The average molecular weight is 329 g/mol. The van der Waals surface area contributed by atoms with Crippen LogP contribution in [0, 0.1) is 0 Å². The Morgan fingerprint density at radius 3 is 1.83 bits per heavy atom. The number of methoxy groups -OCH3 is 1. The van der Waals surface area contributed by atoms with Gasteiger partial charge in [-0.3, -0.25) is 0 Å². The van der Waals surface area contributed by atoms with Crippen molar-refractivity contribution in [2.24, 2.45) is 0 Å². The SMILES string of the molecule is COc1ccc(CNC(=S)NCc2ccc(N(C)C)cc2)cc1. The maximum atomic E-state index is 5.31. The third-order valence-corrected chi connectivity index (χ3v) is 3.81. The normalized spacial score (nSPS) is 10.0. The summed E-state index contributed by atoms with van der Waals surface area (Å²) in [4.78, 5) is 2.08. The molecule has 23 heavy (non-hydrogen) atoms. The Kier molecular flexibility index (Phi) is 6.23. The molecule has 2 aromatic rings. The summed E-state index contributed by atoms with van der Waals surface area (Å²) < 4.78 is 5.14. The highest BCUT2D eigenvalue weighted by atomic mass is 32.1. The molecule has 0 fully saturated rings. The summed E-state index contributed by atoms with van der Waals surface area (Å²) in [6.07, 6.45) is 0. The Bertz CT molecular complexity index is 624. The molecule has 0 atom stereocenters. The number of ether oxygens (including phenoxy) is 1. The lowest BCUT2D eigenvalue weighted by Gasteiger charge is -2.14. The summed E-state index contributed by atoms with van der Waals surface area (Å²) in [6.45, 7) is 1.40. The van der Waals surface area contributed by atoms with E-state index in [2.05, 4.69) is 39.8 Å². The Hall–Kier alpha value is -2.27. The molecule has 0 spiro atoms. The van der Waals surface area contributed by atoms with Crippen LogP contribution >= 0.6 is 12.2 Å². The molecule has 0 heterocycles. The van der Waals surface area contributed by atoms with Crippen LogP contribution in [0.1, 0.15) is 11.1 Å². The largest absolute Gasteiger partial charge is 0.497 e. The van der Waals surface area contributed by atoms with E-state index in [1.54, 1.807) is 7.11 Å². The molecule has 5 heteroatoms. The third kappa shape index (κ3) is 5.45. The standard InChI is InChI=1S/C18H23N3OS/c1-21(2)16-8-4-14(5-9-16)12-19-18(23)20-13-15-6-10-17(22-3)11-7-15/h4-11H,12-13H2,1-3H3,(H2,19,20,23). The molecule has 0 unspecified atom stereocenters. The van der Waals surface area contributed by atoms with E-state index in [0.29, 0.717) is 18.2 Å². The van der Waals surface area contributed by atoms with E-state index in [9.17, 15) is 0 Å². The van der Waals surface area contributed by atoms with Gasteiger partial charge in [-0.25, -0.2) is 0 Å². The predicted octanol–water partition coefficient (Wildman–Crippen LogP) is 2.93. The van der Waals surface area contributed by atoms with Crippen LogP contribution in [0.4, 0.5) is 5.69 Å². The summed E-state index contributed by atoms with van der Waals surface area (Å²) in [5.74, 6) is 0.857. The zero-order valence-corrected chi connectivity index (χ0v) is 14.6. The molecular weight excluding hydrogens is 306 g/mol. The summed E-state index contributed by atoms with van der Waals surface area (Å²) in [5, 5.41) is 7.08. The van der Waals surface area contributed by atoms with Gasteiger partial charge in [-0.05, 0) is 47.6 Å². The van der Waals surface area contributed by atoms with Gasteiger partial charge in [0.05, 0.1) is 7.11 Å². The van der Waals surface area contributed by atoms with Crippen LogP contribution in [0.25, 0.3) is 0 Å². The fourth-order valence-corrected chi connectivity index (χ4v) is 2.23. The van der Waals surface area contributed by atoms with Crippen LogP contribution in [0.2, 0.25) is 0 Å². The molecule has 0 radical (unpaired) electrons. The second-order valence-corrected chi connectivity index (χ2v) is 5.85. The highest BCUT2D eigenvalue weighted by Crippen LogP contribution is 2.12. The Balaban J connectivity index is 1.76. The first-order valence-corrected chi connectivity index (χ1v) is 7.90. The predicted molar refractivity (Wildman–Crippen MR) is 100 cm³/mol. The van der Waals surface area contributed by atoms with E-state index in [-0.39, 0.29) is 0 Å². The van der Waals surface area contributed by atoms with Crippen molar-refractivity contribution in [1.29, 1.82) is 0 Å². The van der Waals surface area contributed by atoms with E-state index in [0.717, 1.165) is 11.3 Å². The molecule has 4 nitrogen and oxygen atoms in total. The van der Waals surface area contributed by atoms with Crippen molar-refractivity contribution < 1.29 is 4.74 Å². The highest BCUT2D eigenvalue weighted by Gasteiger charge is 2.00. The summed E-state index contributed by atoms with van der Waals surface area (Å²) in [5.41, 5.74) is 3.54. The number of benzene rings is 2. The van der Waals surface area contributed by atoms with Gasteiger partial charge in [0.2, 0.25) is 0 Å². The van der Waals surface area contributed by atoms with Crippen LogP contribution in [-0.4, -0.2) is 26.3 Å². The average Bonchev–Trinajstić information content (AvgIpc) is 2.59. The first kappa shape index (κ1) is 17.1. The van der Waals surface area contributed by atoms with Crippen LogP contribution in [0.5, 0.6) is 5.75 Å².